The zero-order chi connectivity index (χ0) is 28.0. The molecule has 0 aromatic heterocycles. The number of anilines is 2. The number of aliphatic hydroxyl groups excluding tert-OH is 1. The Balaban J connectivity index is 1.59. The van der Waals surface area contributed by atoms with Crippen molar-refractivity contribution in [3.05, 3.63) is 96.6 Å². The van der Waals surface area contributed by atoms with Crippen molar-refractivity contribution in [2.75, 3.05) is 17.2 Å². The molecule has 8 nitrogen and oxygen atoms in total. The van der Waals surface area contributed by atoms with Gasteiger partial charge in [-0.2, -0.15) is 0 Å². The molecule has 0 spiro atoms. The van der Waals surface area contributed by atoms with Crippen LogP contribution in [0.25, 0.3) is 0 Å². The fourth-order valence-corrected chi connectivity index (χ4v) is 5.45. The maximum Gasteiger partial charge on any atom is 0.412 e. The molecule has 206 valence electrons. The number of likely N-dealkylation sites (tertiary alicyclic amines) is 1. The summed E-state index contributed by atoms with van der Waals surface area (Å²) in [6.07, 6.45) is -3.25. The number of nitrogens with zero attached hydrogens (tertiary/aromatic N) is 1. The van der Waals surface area contributed by atoms with E-state index in [4.69, 9.17) is 9.47 Å². The van der Waals surface area contributed by atoms with Gasteiger partial charge in [0.15, 0.2) is 6.10 Å². The van der Waals surface area contributed by atoms with Crippen LogP contribution in [0.15, 0.2) is 91.0 Å². The summed E-state index contributed by atoms with van der Waals surface area (Å²) in [4.78, 5) is 28.1. The highest BCUT2D eigenvalue weighted by atomic mass is 16.6. The van der Waals surface area contributed by atoms with Gasteiger partial charge in [0.25, 0.3) is 0 Å². The molecule has 0 radical (unpaired) electrons. The van der Waals surface area contributed by atoms with Crippen molar-refractivity contribution < 1.29 is 24.2 Å². The van der Waals surface area contributed by atoms with Crippen LogP contribution >= 0.6 is 0 Å². The summed E-state index contributed by atoms with van der Waals surface area (Å²) in [5.74, 6) is 0. The number of β-amino-alcohol motifs (C(OH)–C–C–N with tert-alkyl or cyclic N) is 1. The lowest BCUT2D eigenvalue weighted by atomic mass is 9.75. The van der Waals surface area contributed by atoms with E-state index in [2.05, 4.69) is 15.5 Å². The monoisotopic (exact) mass is 531 g/mol. The molecule has 3 N–H and O–H groups in total. The van der Waals surface area contributed by atoms with E-state index < -0.39 is 41.6 Å². The Bertz CT molecular complexity index is 1230. The van der Waals surface area contributed by atoms with Crippen molar-refractivity contribution in [2.24, 2.45) is 0 Å². The van der Waals surface area contributed by atoms with Gasteiger partial charge in [-0.1, -0.05) is 66.7 Å². The van der Waals surface area contributed by atoms with Gasteiger partial charge < -0.3 is 14.6 Å². The molecule has 0 aliphatic carbocycles. The highest BCUT2D eigenvalue weighted by molar-refractivity contribution is 5.85. The molecular formula is C31H37N3O5. The van der Waals surface area contributed by atoms with Gasteiger partial charge in [0.2, 0.25) is 0 Å². The number of piperidine rings is 1. The zero-order valence-corrected chi connectivity index (χ0v) is 22.8. The summed E-state index contributed by atoms with van der Waals surface area (Å²) in [6, 6.07) is 27.5. The lowest BCUT2D eigenvalue weighted by molar-refractivity contribution is -0.168. The highest BCUT2D eigenvalue weighted by Gasteiger charge is 2.55. The third-order valence-electron chi connectivity index (χ3n) is 7.23. The Morgan fingerprint density at radius 1 is 0.821 bits per heavy atom. The SMILES string of the molecule is CC1(C)CC(OC(=O)Nc2ccccc2)C(OC(=O)Nc2ccccc2)C(C)(C)N1CC(O)c1ccccc1. The predicted octanol–water partition coefficient (Wildman–Crippen LogP) is 6.22. The van der Waals surface area contributed by atoms with Crippen LogP contribution in [0.2, 0.25) is 0 Å². The number of nitrogens with one attached hydrogen (secondary N) is 2. The van der Waals surface area contributed by atoms with E-state index in [0.717, 1.165) is 5.56 Å². The number of para-hydroxylation sites is 2. The first-order valence-electron chi connectivity index (χ1n) is 13.1. The second-order valence-electron chi connectivity index (χ2n) is 11.0. The van der Waals surface area contributed by atoms with Crippen LogP contribution in [-0.2, 0) is 9.47 Å². The summed E-state index contributed by atoms with van der Waals surface area (Å²) >= 11 is 0. The Kier molecular flexibility index (Phi) is 8.57. The first-order valence-corrected chi connectivity index (χ1v) is 13.1. The molecule has 3 atom stereocenters. The van der Waals surface area contributed by atoms with Crippen molar-refractivity contribution >= 4 is 23.6 Å². The molecule has 1 aliphatic heterocycles. The third-order valence-corrected chi connectivity index (χ3v) is 7.23. The van der Waals surface area contributed by atoms with Gasteiger partial charge in [-0.05, 0) is 57.5 Å². The average molecular weight is 532 g/mol. The molecule has 1 aliphatic rings. The molecule has 0 bridgehead atoms. The van der Waals surface area contributed by atoms with E-state index in [9.17, 15) is 14.7 Å². The summed E-state index contributed by atoms with van der Waals surface area (Å²) in [7, 11) is 0. The van der Waals surface area contributed by atoms with Crippen molar-refractivity contribution in [1.82, 2.24) is 4.90 Å². The van der Waals surface area contributed by atoms with Crippen LogP contribution in [-0.4, -0.2) is 52.0 Å². The molecule has 1 heterocycles. The maximum absolute atomic E-state index is 13.0. The number of amides is 2. The van der Waals surface area contributed by atoms with Crippen molar-refractivity contribution in [1.29, 1.82) is 0 Å². The van der Waals surface area contributed by atoms with Crippen molar-refractivity contribution in [3.63, 3.8) is 0 Å². The summed E-state index contributed by atoms with van der Waals surface area (Å²) < 4.78 is 11.9. The number of carbonyl (C=O) groups excluding carboxylic acids is 2. The fraction of sp³-hybridized carbons (Fsp3) is 0.355. The second kappa shape index (κ2) is 11.9. The molecule has 3 aromatic carbocycles. The topological polar surface area (TPSA) is 100 Å². The number of aliphatic hydroxyl groups is 1. The largest absolute Gasteiger partial charge is 0.442 e. The van der Waals surface area contributed by atoms with E-state index in [-0.39, 0.29) is 0 Å². The van der Waals surface area contributed by atoms with Gasteiger partial charge in [-0.15, -0.1) is 0 Å². The van der Waals surface area contributed by atoms with Crippen LogP contribution in [0.1, 0.15) is 45.8 Å². The molecule has 3 unspecified atom stereocenters. The molecule has 3 aromatic rings. The first kappa shape index (κ1) is 28.1. The number of benzene rings is 3. The Morgan fingerprint density at radius 3 is 1.79 bits per heavy atom. The predicted molar refractivity (Wildman–Crippen MR) is 152 cm³/mol. The third kappa shape index (κ3) is 6.96. The van der Waals surface area contributed by atoms with Crippen molar-refractivity contribution in [2.45, 2.75) is 63.5 Å². The standard InChI is InChI=1S/C31H37N3O5/c1-30(2)20-26(38-28(36)32-23-16-10-6-11-17-23)27(39-29(37)33-24-18-12-7-13-19-24)31(3,4)34(30)21-25(35)22-14-8-5-9-15-22/h5-19,25-27,35H,20-21H2,1-4H3,(H,32,36)(H,33,37). The minimum absolute atomic E-state index is 0.299. The number of carbonyl (C=O) groups is 2. The first-order chi connectivity index (χ1) is 18.6. The molecule has 4 rings (SSSR count). The molecule has 2 amide bonds. The van der Waals surface area contributed by atoms with E-state index >= 15 is 0 Å². The number of ether oxygens (including phenoxy) is 2. The highest BCUT2D eigenvalue weighted by Crippen LogP contribution is 2.42. The number of rotatable bonds is 7. The second-order valence-corrected chi connectivity index (χ2v) is 11.0. The van der Waals surface area contributed by atoms with Crippen LogP contribution in [0.4, 0.5) is 21.0 Å². The average Bonchev–Trinajstić information content (AvgIpc) is 2.90. The molecule has 8 heteroatoms. The lowest BCUT2D eigenvalue weighted by Gasteiger charge is -2.58. The minimum Gasteiger partial charge on any atom is -0.442 e. The fourth-order valence-electron chi connectivity index (χ4n) is 5.45. The molecule has 39 heavy (non-hydrogen) atoms. The van der Waals surface area contributed by atoms with Gasteiger partial charge in [0, 0.05) is 29.9 Å². The summed E-state index contributed by atoms with van der Waals surface area (Å²) in [5.41, 5.74) is 0.662. The molecule has 1 fully saturated rings. The van der Waals surface area contributed by atoms with Crippen LogP contribution < -0.4 is 10.6 Å². The Hall–Kier alpha value is -3.88. The van der Waals surface area contributed by atoms with Gasteiger partial charge in [-0.3, -0.25) is 15.5 Å². The van der Waals surface area contributed by atoms with E-state index in [1.54, 1.807) is 24.3 Å². The smallest absolute Gasteiger partial charge is 0.412 e. The van der Waals surface area contributed by atoms with E-state index in [0.29, 0.717) is 24.3 Å². The van der Waals surface area contributed by atoms with Gasteiger partial charge >= 0.3 is 12.2 Å². The Labute approximate surface area is 229 Å². The summed E-state index contributed by atoms with van der Waals surface area (Å²) in [5, 5.41) is 16.6. The van der Waals surface area contributed by atoms with Crippen LogP contribution in [0.3, 0.4) is 0 Å². The van der Waals surface area contributed by atoms with Crippen LogP contribution in [0.5, 0.6) is 0 Å². The molecular weight excluding hydrogens is 494 g/mol. The lowest BCUT2D eigenvalue weighted by Crippen LogP contribution is -2.71. The Morgan fingerprint density at radius 2 is 1.28 bits per heavy atom. The normalized spacial score (nSPS) is 20.8. The molecule has 1 saturated heterocycles. The van der Waals surface area contributed by atoms with Gasteiger partial charge in [0.1, 0.15) is 6.10 Å². The van der Waals surface area contributed by atoms with Gasteiger partial charge in [-0.25, -0.2) is 9.59 Å². The number of hydrogen-bond donors (Lipinski definition) is 3. The molecule has 0 saturated carbocycles. The van der Waals surface area contributed by atoms with E-state index in [1.807, 2.05) is 94.4 Å². The quantitative estimate of drug-likeness (QED) is 0.335. The van der Waals surface area contributed by atoms with Crippen molar-refractivity contribution in [3.8, 4) is 0 Å². The summed E-state index contributed by atoms with van der Waals surface area (Å²) in [6.45, 7) is 8.26. The van der Waals surface area contributed by atoms with Gasteiger partial charge in [0.05, 0.1) is 11.6 Å². The zero-order valence-electron chi connectivity index (χ0n) is 22.8. The number of hydrogen-bond acceptors (Lipinski definition) is 6. The van der Waals surface area contributed by atoms with E-state index in [1.165, 1.54) is 0 Å². The maximum atomic E-state index is 13.0. The minimum atomic E-state index is -0.835. The van der Waals surface area contributed by atoms with Crippen LogP contribution in [0, 0.1) is 0 Å².